The summed E-state index contributed by atoms with van der Waals surface area (Å²) < 4.78 is 5.73. The van der Waals surface area contributed by atoms with Gasteiger partial charge in [0, 0.05) is 11.8 Å². The molecule has 1 aliphatic carbocycles. The molecule has 0 spiro atoms. The van der Waals surface area contributed by atoms with Crippen LogP contribution >= 0.6 is 0 Å². The lowest BCUT2D eigenvalue weighted by Gasteiger charge is -2.19. The smallest absolute Gasteiger partial charge is 0.0628 e. The molecular weight excluding hydrogens is 162 g/mol. The first-order valence-corrected chi connectivity index (χ1v) is 5.08. The zero-order valence-electron chi connectivity index (χ0n) is 8.84. The van der Waals surface area contributed by atoms with Crippen LogP contribution in [0.3, 0.4) is 0 Å². The highest BCUT2D eigenvalue weighted by Gasteiger charge is 2.43. The molecule has 13 heavy (non-hydrogen) atoms. The molecule has 2 nitrogen and oxygen atoms in total. The van der Waals surface area contributed by atoms with Gasteiger partial charge in [0.15, 0.2) is 0 Å². The highest BCUT2D eigenvalue weighted by Crippen LogP contribution is 2.48. The molecule has 1 unspecified atom stereocenters. The third-order valence-corrected chi connectivity index (χ3v) is 3.00. The molecule has 0 aromatic rings. The number of rotatable bonds is 5. The van der Waals surface area contributed by atoms with Gasteiger partial charge in [0.25, 0.3) is 0 Å². The minimum atomic E-state index is 0.234. The van der Waals surface area contributed by atoms with E-state index in [1.54, 1.807) is 0 Å². The van der Waals surface area contributed by atoms with E-state index in [2.05, 4.69) is 26.8 Å². The van der Waals surface area contributed by atoms with Crippen molar-refractivity contribution in [1.29, 1.82) is 5.26 Å². The van der Waals surface area contributed by atoms with Crippen LogP contribution in [0.1, 0.15) is 40.0 Å². The Kier molecular flexibility index (Phi) is 3.33. The summed E-state index contributed by atoms with van der Waals surface area (Å²) in [6, 6.07) is 2.24. The molecular formula is C11H19NO. The minimum Gasteiger partial charge on any atom is -0.378 e. The van der Waals surface area contributed by atoms with Gasteiger partial charge in [-0.15, -0.1) is 0 Å². The third kappa shape index (κ3) is 3.00. The van der Waals surface area contributed by atoms with Crippen molar-refractivity contribution in [2.75, 3.05) is 6.61 Å². The van der Waals surface area contributed by atoms with Crippen molar-refractivity contribution >= 4 is 0 Å². The summed E-state index contributed by atoms with van der Waals surface area (Å²) in [5.41, 5.74) is 0.234. The van der Waals surface area contributed by atoms with Gasteiger partial charge in [-0.1, -0.05) is 13.8 Å². The molecule has 0 aromatic carbocycles. The van der Waals surface area contributed by atoms with Crippen LogP contribution in [0.4, 0.5) is 0 Å². The first-order chi connectivity index (χ1) is 6.09. The summed E-state index contributed by atoms with van der Waals surface area (Å²) in [5.74, 6) is 0.567. The van der Waals surface area contributed by atoms with Gasteiger partial charge in [0.1, 0.15) is 0 Å². The molecule has 0 heterocycles. The largest absolute Gasteiger partial charge is 0.378 e. The van der Waals surface area contributed by atoms with Gasteiger partial charge in [-0.05, 0) is 25.7 Å². The first-order valence-electron chi connectivity index (χ1n) is 5.08. The number of ether oxygens (including phenoxy) is 1. The van der Waals surface area contributed by atoms with E-state index in [9.17, 15) is 0 Å². The predicted octanol–water partition coefficient (Wildman–Crippen LogP) is 2.74. The molecule has 1 aliphatic rings. The van der Waals surface area contributed by atoms with Crippen LogP contribution in [0.25, 0.3) is 0 Å². The number of nitrogens with zero attached hydrogens (tertiary/aromatic N) is 1. The van der Waals surface area contributed by atoms with Crippen LogP contribution in [0.15, 0.2) is 0 Å². The Labute approximate surface area is 80.9 Å². The maximum Gasteiger partial charge on any atom is 0.0628 e. The molecule has 0 aliphatic heterocycles. The van der Waals surface area contributed by atoms with Crippen LogP contribution < -0.4 is 0 Å². The average Bonchev–Trinajstić information content (AvgIpc) is 2.82. The van der Waals surface area contributed by atoms with E-state index in [-0.39, 0.29) is 5.41 Å². The van der Waals surface area contributed by atoms with Crippen molar-refractivity contribution in [2.24, 2.45) is 11.3 Å². The fraction of sp³-hybridized carbons (Fsp3) is 0.909. The third-order valence-electron chi connectivity index (χ3n) is 3.00. The molecule has 0 saturated heterocycles. The van der Waals surface area contributed by atoms with E-state index in [0.717, 1.165) is 6.61 Å². The molecule has 0 N–H and O–H groups in total. The van der Waals surface area contributed by atoms with E-state index >= 15 is 0 Å². The Balaban J connectivity index is 2.23. The molecule has 74 valence electrons. The Morgan fingerprint density at radius 3 is 2.38 bits per heavy atom. The van der Waals surface area contributed by atoms with Crippen LogP contribution in [0.5, 0.6) is 0 Å². The highest BCUT2D eigenvalue weighted by atomic mass is 16.5. The van der Waals surface area contributed by atoms with E-state index in [1.165, 1.54) is 12.8 Å². The van der Waals surface area contributed by atoms with Crippen LogP contribution in [0.2, 0.25) is 0 Å². The maximum atomic E-state index is 8.61. The van der Waals surface area contributed by atoms with Gasteiger partial charge in [0.2, 0.25) is 0 Å². The van der Waals surface area contributed by atoms with E-state index in [1.807, 2.05) is 0 Å². The molecule has 0 bridgehead atoms. The lowest BCUT2D eigenvalue weighted by molar-refractivity contribution is 0.00829. The lowest BCUT2D eigenvalue weighted by Crippen LogP contribution is -2.20. The summed E-state index contributed by atoms with van der Waals surface area (Å²) in [7, 11) is 0. The summed E-state index contributed by atoms with van der Waals surface area (Å²) in [6.07, 6.45) is 3.32. The number of nitriles is 1. The van der Waals surface area contributed by atoms with Crippen molar-refractivity contribution in [3.63, 3.8) is 0 Å². The average molecular weight is 181 g/mol. The monoisotopic (exact) mass is 181 g/mol. The summed E-state index contributed by atoms with van der Waals surface area (Å²) >= 11 is 0. The Hall–Kier alpha value is -0.550. The second-order valence-corrected chi connectivity index (χ2v) is 4.60. The second-order valence-electron chi connectivity index (χ2n) is 4.60. The van der Waals surface area contributed by atoms with E-state index in [0.29, 0.717) is 18.4 Å². The van der Waals surface area contributed by atoms with Gasteiger partial charge in [-0.3, -0.25) is 0 Å². The summed E-state index contributed by atoms with van der Waals surface area (Å²) in [4.78, 5) is 0. The fourth-order valence-corrected chi connectivity index (χ4v) is 1.22. The van der Waals surface area contributed by atoms with E-state index in [4.69, 9.17) is 10.00 Å². The molecule has 1 fully saturated rings. The minimum absolute atomic E-state index is 0.234. The Morgan fingerprint density at radius 2 is 2.00 bits per heavy atom. The molecule has 1 rings (SSSR count). The summed E-state index contributed by atoms with van der Waals surface area (Å²) in [5, 5.41) is 8.61. The Bertz CT molecular complexity index is 201. The number of hydrogen-bond acceptors (Lipinski definition) is 2. The van der Waals surface area contributed by atoms with Gasteiger partial charge in [-0.2, -0.15) is 5.26 Å². The van der Waals surface area contributed by atoms with Crippen LogP contribution in [-0.2, 0) is 4.74 Å². The van der Waals surface area contributed by atoms with Crippen molar-refractivity contribution in [2.45, 2.75) is 46.1 Å². The lowest BCUT2D eigenvalue weighted by atomic mass is 10.0. The quantitative estimate of drug-likeness (QED) is 0.653. The topological polar surface area (TPSA) is 33.0 Å². The molecule has 0 radical (unpaired) electrons. The maximum absolute atomic E-state index is 8.61. The van der Waals surface area contributed by atoms with Gasteiger partial charge in [-0.25, -0.2) is 0 Å². The number of hydrogen-bond donors (Lipinski definition) is 0. The normalized spacial score (nSPS) is 21.2. The predicted molar refractivity (Wildman–Crippen MR) is 52.1 cm³/mol. The summed E-state index contributed by atoms with van der Waals surface area (Å²) in [6.45, 7) is 7.20. The van der Waals surface area contributed by atoms with Crippen LogP contribution in [-0.4, -0.2) is 12.7 Å². The SMILES string of the molecule is CC(C)C(C)OCC1(CC#N)CC1. The van der Waals surface area contributed by atoms with Gasteiger partial charge < -0.3 is 4.74 Å². The van der Waals surface area contributed by atoms with E-state index < -0.39 is 0 Å². The van der Waals surface area contributed by atoms with Crippen molar-refractivity contribution in [3.8, 4) is 6.07 Å². The molecule has 0 amide bonds. The van der Waals surface area contributed by atoms with Gasteiger partial charge >= 0.3 is 0 Å². The zero-order valence-corrected chi connectivity index (χ0v) is 8.84. The van der Waals surface area contributed by atoms with Crippen molar-refractivity contribution < 1.29 is 4.74 Å². The highest BCUT2D eigenvalue weighted by molar-refractivity contribution is 4.99. The molecule has 1 atom stereocenters. The second kappa shape index (κ2) is 4.11. The standard InChI is InChI=1S/C11H19NO/c1-9(2)10(3)13-8-11(4-5-11)6-7-12/h9-10H,4-6,8H2,1-3H3. The van der Waals surface area contributed by atoms with Crippen LogP contribution in [0, 0.1) is 22.7 Å². The molecule has 1 saturated carbocycles. The zero-order chi connectivity index (χ0) is 9.90. The fourth-order valence-electron chi connectivity index (χ4n) is 1.22. The Morgan fingerprint density at radius 1 is 1.38 bits per heavy atom. The van der Waals surface area contributed by atoms with Crippen molar-refractivity contribution in [3.05, 3.63) is 0 Å². The molecule has 0 aromatic heterocycles. The van der Waals surface area contributed by atoms with Gasteiger partial charge in [0.05, 0.1) is 18.8 Å². The van der Waals surface area contributed by atoms with Crippen molar-refractivity contribution in [1.82, 2.24) is 0 Å². The molecule has 2 heteroatoms. The first kappa shape index (κ1) is 10.5.